The van der Waals surface area contributed by atoms with Crippen molar-refractivity contribution in [3.05, 3.63) is 46.8 Å². The third kappa shape index (κ3) is 2.36. The van der Waals surface area contributed by atoms with Gasteiger partial charge in [-0.25, -0.2) is 0 Å². The van der Waals surface area contributed by atoms with Crippen molar-refractivity contribution in [3.8, 4) is 5.75 Å². The first-order chi connectivity index (χ1) is 9.28. The highest BCUT2D eigenvalue weighted by molar-refractivity contribution is 5.40. The second-order valence-electron chi connectivity index (χ2n) is 5.06. The quantitative estimate of drug-likeness (QED) is 0.884. The molecule has 1 unspecified atom stereocenters. The first-order valence-electron chi connectivity index (χ1n) is 6.67. The maximum Gasteiger partial charge on any atom is 0.119 e. The number of aromatic amines is 1. The van der Waals surface area contributed by atoms with E-state index in [9.17, 15) is 0 Å². The van der Waals surface area contributed by atoms with Gasteiger partial charge in [0.05, 0.1) is 13.3 Å². The average molecular weight is 257 g/mol. The Labute approximate surface area is 113 Å². The van der Waals surface area contributed by atoms with Gasteiger partial charge in [-0.15, -0.1) is 0 Å². The molecule has 1 aromatic carbocycles. The van der Waals surface area contributed by atoms with E-state index >= 15 is 0 Å². The minimum atomic E-state index is 0.416. The summed E-state index contributed by atoms with van der Waals surface area (Å²) in [5, 5.41) is 10.6. The normalized spacial score (nSPS) is 17.5. The third-order valence-electron chi connectivity index (χ3n) is 3.90. The summed E-state index contributed by atoms with van der Waals surface area (Å²) < 4.78 is 5.31. The zero-order valence-corrected chi connectivity index (χ0v) is 11.4. The van der Waals surface area contributed by atoms with E-state index in [1.807, 2.05) is 12.3 Å². The summed E-state index contributed by atoms with van der Waals surface area (Å²) in [6.07, 6.45) is 4.19. The molecule has 1 aliphatic carbocycles. The van der Waals surface area contributed by atoms with Crippen LogP contribution in [0.2, 0.25) is 0 Å². The van der Waals surface area contributed by atoms with Crippen molar-refractivity contribution in [2.75, 3.05) is 7.11 Å². The summed E-state index contributed by atoms with van der Waals surface area (Å²) in [7, 11) is 1.72. The zero-order valence-electron chi connectivity index (χ0n) is 11.4. The monoisotopic (exact) mass is 257 g/mol. The lowest BCUT2D eigenvalue weighted by atomic mass is 10.1. The molecule has 4 nitrogen and oxygen atoms in total. The number of hydrogen-bond acceptors (Lipinski definition) is 3. The van der Waals surface area contributed by atoms with Crippen LogP contribution in [0.3, 0.4) is 0 Å². The Bertz CT molecular complexity index is 577. The Balaban J connectivity index is 1.73. The van der Waals surface area contributed by atoms with Crippen molar-refractivity contribution in [2.24, 2.45) is 0 Å². The predicted molar refractivity (Wildman–Crippen MR) is 74.2 cm³/mol. The van der Waals surface area contributed by atoms with Gasteiger partial charge in [-0.1, -0.05) is 6.07 Å². The number of hydrogen-bond donors (Lipinski definition) is 2. The molecular formula is C15H19N3O. The minimum Gasteiger partial charge on any atom is -0.497 e. The molecule has 1 aromatic heterocycles. The molecule has 0 amide bonds. The Hall–Kier alpha value is -1.81. The van der Waals surface area contributed by atoms with Crippen LogP contribution < -0.4 is 10.1 Å². The lowest BCUT2D eigenvalue weighted by Gasteiger charge is -2.14. The molecule has 0 aliphatic heterocycles. The van der Waals surface area contributed by atoms with E-state index in [0.29, 0.717) is 6.04 Å². The second kappa shape index (κ2) is 5.05. The molecule has 0 radical (unpaired) electrons. The average Bonchev–Trinajstić information content (AvgIpc) is 3.02. The van der Waals surface area contributed by atoms with Gasteiger partial charge in [0.25, 0.3) is 0 Å². The summed E-state index contributed by atoms with van der Waals surface area (Å²) in [6.45, 7) is 2.90. The molecule has 100 valence electrons. The van der Waals surface area contributed by atoms with Gasteiger partial charge in [0.15, 0.2) is 0 Å². The highest BCUT2D eigenvalue weighted by atomic mass is 16.5. The van der Waals surface area contributed by atoms with Crippen molar-refractivity contribution in [1.29, 1.82) is 0 Å². The van der Waals surface area contributed by atoms with Gasteiger partial charge in [0.2, 0.25) is 0 Å². The van der Waals surface area contributed by atoms with Crippen molar-refractivity contribution >= 4 is 0 Å². The first-order valence-corrected chi connectivity index (χ1v) is 6.67. The van der Waals surface area contributed by atoms with Crippen LogP contribution in [0.25, 0.3) is 0 Å². The molecule has 1 atom stereocenters. The van der Waals surface area contributed by atoms with Gasteiger partial charge in [-0.3, -0.25) is 5.10 Å². The Morgan fingerprint density at radius 2 is 2.37 bits per heavy atom. The molecule has 19 heavy (non-hydrogen) atoms. The summed E-state index contributed by atoms with van der Waals surface area (Å²) >= 11 is 0. The fourth-order valence-electron chi connectivity index (χ4n) is 2.71. The molecule has 4 heteroatoms. The molecule has 1 aliphatic rings. The highest BCUT2D eigenvalue weighted by Gasteiger charge is 2.22. The Kier molecular flexibility index (Phi) is 3.25. The van der Waals surface area contributed by atoms with Crippen molar-refractivity contribution < 1.29 is 4.74 Å². The van der Waals surface area contributed by atoms with Gasteiger partial charge in [0, 0.05) is 23.8 Å². The third-order valence-corrected chi connectivity index (χ3v) is 3.90. The lowest BCUT2D eigenvalue weighted by molar-refractivity contribution is 0.413. The maximum absolute atomic E-state index is 5.31. The van der Waals surface area contributed by atoms with Crippen LogP contribution in [0.1, 0.15) is 34.8 Å². The number of benzene rings is 1. The number of rotatable bonds is 4. The number of aromatic nitrogens is 2. The van der Waals surface area contributed by atoms with Crippen LogP contribution in [0, 0.1) is 6.92 Å². The van der Waals surface area contributed by atoms with Gasteiger partial charge in [-0.05, 0) is 43.0 Å². The van der Waals surface area contributed by atoms with Gasteiger partial charge in [0.1, 0.15) is 5.75 Å². The summed E-state index contributed by atoms with van der Waals surface area (Å²) in [5.74, 6) is 0.937. The molecule has 0 bridgehead atoms. The summed E-state index contributed by atoms with van der Waals surface area (Å²) in [5.41, 5.74) is 5.18. The number of ether oxygens (including phenoxy) is 1. The number of fused-ring (bicyclic) bond motifs is 1. The highest BCUT2D eigenvalue weighted by Crippen LogP contribution is 2.33. The SMILES string of the molecule is COc1ccc2c(c1)C(NCc1cn[nH]c1C)CC2. The minimum absolute atomic E-state index is 0.416. The predicted octanol–water partition coefficient (Wildman–Crippen LogP) is 2.50. The topological polar surface area (TPSA) is 49.9 Å². The molecule has 2 N–H and O–H groups in total. The van der Waals surface area contributed by atoms with E-state index < -0.39 is 0 Å². The fourth-order valence-corrected chi connectivity index (χ4v) is 2.71. The van der Waals surface area contributed by atoms with Crippen molar-refractivity contribution in [3.63, 3.8) is 0 Å². The maximum atomic E-state index is 5.31. The molecule has 2 aromatic rings. The van der Waals surface area contributed by atoms with Gasteiger partial charge in [-0.2, -0.15) is 5.10 Å². The van der Waals surface area contributed by atoms with E-state index in [1.54, 1.807) is 7.11 Å². The molecule has 0 saturated carbocycles. The van der Waals surface area contributed by atoms with E-state index in [4.69, 9.17) is 4.74 Å². The Morgan fingerprint density at radius 3 is 3.11 bits per heavy atom. The van der Waals surface area contributed by atoms with Crippen LogP contribution in [0.4, 0.5) is 0 Å². The standard InChI is InChI=1S/C15H19N3O/c1-10-12(9-17-18-10)8-16-15-6-4-11-3-5-13(19-2)7-14(11)15/h3,5,7,9,15-16H,4,6,8H2,1-2H3,(H,17,18). The van der Waals surface area contributed by atoms with Crippen molar-refractivity contribution in [1.82, 2.24) is 15.5 Å². The van der Waals surface area contributed by atoms with Gasteiger partial charge < -0.3 is 10.1 Å². The van der Waals surface area contributed by atoms with E-state index in [2.05, 4.69) is 34.6 Å². The smallest absolute Gasteiger partial charge is 0.119 e. The first kappa shape index (κ1) is 12.2. The number of methoxy groups -OCH3 is 1. The molecule has 3 rings (SSSR count). The molecule has 1 heterocycles. The van der Waals surface area contributed by atoms with Crippen molar-refractivity contribution in [2.45, 2.75) is 32.4 Å². The van der Waals surface area contributed by atoms with Gasteiger partial charge >= 0.3 is 0 Å². The Morgan fingerprint density at radius 1 is 1.47 bits per heavy atom. The van der Waals surface area contributed by atoms with E-state index in [0.717, 1.165) is 30.8 Å². The largest absolute Gasteiger partial charge is 0.497 e. The number of H-pyrrole nitrogens is 1. The van der Waals surface area contributed by atoms with E-state index in [1.165, 1.54) is 16.7 Å². The lowest BCUT2D eigenvalue weighted by Crippen LogP contribution is -2.18. The number of aryl methyl sites for hydroxylation is 2. The summed E-state index contributed by atoms with van der Waals surface area (Å²) in [6, 6.07) is 6.79. The number of nitrogens with one attached hydrogen (secondary N) is 2. The van der Waals surface area contributed by atoms with Crippen LogP contribution in [-0.2, 0) is 13.0 Å². The van der Waals surface area contributed by atoms with Crippen LogP contribution in [0.5, 0.6) is 5.75 Å². The fraction of sp³-hybridized carbons (Fsp3) is 0.400. The summed E-state index contributed by atoms with van der Waals surface area (Å²) in [4.78, 5) is 0. The number of nitrogens with zero attached hydrogens (tertiary/aromatic N) is 1. The zero-order chi connectivity index (χ0) is 13.2. The molecule has 0 spiro atoms. The van der Waals surface area contributed by atoms with Crippen LogP contribution in [0.15, 0.2) is 24.4 Å². The molecular weight excluding hydrogens is 238 g/mol. The second-order valence-corrected chi connectivity index (χ2v) is 5.06. The molecule has 0 saturated heterocycles. The molecule has 0 fully saturated rings. The van der Waals surface area contributed by atoms with Crippen LogP contribution in [-0.4, -0.2) is 17.3 Å². The van der Waals surface area contributed by atoms with Crippen LogP contribution >= 0.6 is 0 Å². The van der Waals surface area contributed by atoms with E-state index in [-0.39, 0.29) is 0 Å².